The second kappa shape index (κ2) is 7.81. The molecular formula is C18H25ClN4O. The fraction of sp³-hybridized carbons (Fsp3) is 0.444. The molecule has 0 spiro atoms. The summed E-state index contributed by atoms with van der Waals surface area (Å²) in [5.41, 5.74) is 3.75. The molecule has 0 aliphatic carbocycles. The number of aromatic nitrogens is 2. The Kier molecular flexibility index (Phi) is 6.02. The standard InChI is InChI=1S/C18H24N4O.ClH/c1-12-11-16(8-9-19-12)20-18(23)15-4-6-17(7-5-15)22-14(3)10-13(2)21-22;/h4-7,10,12,16,19H,8-9,11H2,1-3H3,(H,20,23);1H. The number of amides is 1. The number of hydrogen-bond acceptors (Lipinski definition) is 3. The van der Waals surface area contributed by atoms with E-state index < -0.39 is 0 Å². The van der Waals surface area contributed by atoms with Crippen molar-refractivity contribution in [2.45, 2.75) is 45.7 Å². The van der Waals surface area contributed by atoms with Crippen LogP contribution in [0.2, 0.25) is 0 Å². The third-order valence-corrected chi connectivity index (χ3v) is 4.34. The summed E-state index contributed by atoms with van der Waals surface area (Å²) in [6.45, 7) is 7.12. The monoisotopic (exact) mass is 348 g/mol. The fourth-order valence-corrected chi connectivity index (χ4v) is 3.18. The van der Waals surface area contributed by atoms with Crippen LogP contribution in [0.25, 0.3) is 5.69 Å². The zero-order valence-corrected chi connectivity index (χ0v) is 15.2. The molecule has 2 heterocycles. The lowest BCUT2D eigenvalue weighted by atomic mass is 10.0. The van der Waals surface area contributed by atoms with E-state index in [1.807, 2.05) is 48.9 Å². The van der Waals surface area contributed by atoms with Crippen molar-refractivity contribution in [3.05, 3.63) is 47.3 Å². The maximum absolute atomic E-state index is 12.4. The van der Waals surface area contributed by atoms with Gasteiger partial charge in [0.25, 0.3) is 5.91 Å². The van der Waals surface area contributed by atoms with E-state index in [1.54, 1.807) is 0 Å². The van der Waals surface area contributed by atoms with Crippen LogP contribution < -0.4 is 10.6 Å². The number of piperidine rings is 1. The Labute approximate surface area is 149 Å². The van der Waals surface area contributed by atoms with E-state index in [-0.39, 0.29) is 24.4 Å². The molecular weight excluding hydrogens is 324 g/mol. The van der Waals surface area contributed by atoms with Crippen molar-refractivity contribution in [1.82, 2.24) is 20.4 Å². The third kappa shape index (κ3) is 4.16. The van der Waals surface area contributed by atoms with E-state index in [0.29, 0.717) is 11.6 Å². The Bertz CT molecular complexity index is 696. The summed E-state index contributed by atoms with van der Waals surface area (Å²) in [5.74, 6) is 0.00372. The number of aryl methyl sites for hydroxylation is 2. The Hall–Kier alpha value is -1.85. The number of hydrogen-bond donors (Lipinski definition) is 2. The molecule has 3 rings (SSSR count). The predicted molar refractivity (Wildman–Crippen MR) is 98.2 cm³/mol. The van der Waals surface area contributed by atoms with Gasteiger partial charge in [-0.05, 0) is 70.5 Å². The molecule has 2 aromatic rings. The SMILES string of the molecule is Cc1cc(C)n(-c2ccc(C(=O)NC3CCNC(C)C3)cc2)n1.Cl. The first-order valence-corrected chi connectivity index (χ1v) is 8.21. The van der Waals surface area contributed by atoms with Crippen LogP contribution in [0.3, 0.4) is 0 Å². The van der Waals surface area contributed by atoms with Crippen molar-refractivity contribution >= 4 is 18.3 Å². The Balaban J connectivity index is 0.00000208. The highest BCUT2D eigenvalue weighted by molar-refractivity contribution is 5.94. The maximum Gasteiger partial charge on any atom is 0.251 e. The summed E-state index contributed by atoms with van der Waals surface area (Å²) in [7, 11) is 0. The Morgan fingerprint density at radius 1 is 1.29 bits per heavy atom. The van der Waals surface area contributed by atoms with Crippen LogP contribution in [-0.2, 0) is 0 Å². The van der Waals surface area contributed by atoms with E-state index in [2.05, 4.69) is 22.7 Å². The number of carbonyl (C=O) groups excluding carboxylic acids is 1. The number of carbonyl (C=O) groups is 1. The normalized spacial score (nSPS) is 20.3. The van der Waals surface area contributed by atoms with Crippen LogP contribution in [-0.4, -0.2) is 34.3 Å². The van der Waals surface area contributed by atoms with Crippen molar-refractivity contribution in [1.29, 1.82) is 0 Å². The molecule has 1 saturated heterocycles. The number of nitrogens with one attached hydrogen (secondary N) is 2. The summed E-state index contributed by atoms with van der Waals surface area (Å²) in [5, 5.41) is 11.0. The molecule has 1 aliphatic rings. The van der Waals surface area contributed by atoms with E-state index >= 15 is 0 Å². The molecule has 1 fully saturated rings. The van der Waals surface area contributed by atoms with Crippen LogP contribution in [0, 0.1) is 13.8 Å². The van der Waals surface area contributed by atoms with Crippen molar-refractivity contribution in [3.8, 4) is 5.69 Å². The topological polar surface area (TPSA) is 59.0 Å². The summed E-state index contributed by atoms with van der Waals surface area (Å²) >= 11 is 0. The summed E-state index contributed by atoms with van der Waals surface area (Å²) < 4.78 is 1.89. The number of nitrogens with zero attached hydrogens (tertiary/aromatic N) is 2. The molecule has 2 unspecified atom stereocenters. The lowest BCUT2D eigenvalue weighted by Crippen LogP contribution is -2.46. The minimum Gasteiger partial charge on any atom is -0.349 e. The summed E-state index contributed by atoms with van der Waals surface area (Å²) in [4.78, 5) is 12.4. The molecule has 24 heavy (non-hydrogen) atoms. The average molecular weight is 349 g/mol. The van der Waals surface area contributed by atoms with Crippen molar-refractivity contribution in [2.75, 3.05) is 6.54 Å². The van der Waals surface area contributed by atoms with Crippen LogP contribution in [0.5, 0.6) is 0 Å². The quantitative estimate of drug-likeness (QED) is 0.896. The third-order valence-electron chi connectivity index (χ3n) is 4.34. The van der Waals surface area contributed by atoms with Crippen molar-refractivity contribution in [2.24, 2.45) is 0 Å². The second-order valence-electron chi connectivity index (χ2n) is 6.44. The largest absolute Gasteiger partial charge is 0.349 e. The lowest BCUT2D eigenvalue weighted by Gasteiger charge is -2.28. The molecule has 2 atom stereocenters. The van der Waals surface area contributed by atoms with Gasteiger partial charge < -0.3 is 10.6 Å². The highest BCUT2D eigenvalue weighted by Crippen LogP contribution is 2.14. The highest BCUT2D eigenvalue weighted by Gasteiger charge is 2.20. The Morgan fingerprint density at radius 2 is 2.00 bits per heavy atom. The van der Waals surface area contributed by atoms with Gasteiger partial charge in [-0.25, -0.2) is 4.68 Å². The first-order valence-electron chi connectivity index (χ1n) is 8.21. The number of halogens is 1. The zero-order valence-electron chi connectivity index (χ0n) is 14.4. The molecule has 130 valence electrons. The van der Waals surface area contributed by atoms with Crippen LogP contribution in [0.15, 0.2) is 30.3 Å². The molecule has 0 radical (unpaired) electrons. The van der Waals surface area contributed by atoms with E-state index in [4.69, 9.17) is 0 Å². The van der Waals surface area contributed by atoms with Gasteiger partial charge in [-0.3, -0.25) is 4.79 Å². The van der Waals surface area contributed by atoms with E-state index in [1.165, 1.54) is 0 Å². The van der Waals surface area contributed by atoms with Crippen LogP contribution in [0.1, 0.15) is 41.5 Å². The van der Waals surface area contributed by atoms with Gasteiger partial charge in [0.2, 0.25) is 0 Å². The molecule has 6 heteroatoms. The molecule has 1 aromatic carbocycles. The van der Waals surface area contributed by atoms with E-state index in [0.717, 1.165) is 36.5 Å². The molecule has 0 bridgehead atoms. The number of rotatable bonds is 3. The maximum atomic E-state index is 12.4. The average Bonchev–Trinajstić information content (AvgIpc) is 2.86. The van der Waals surface area contributed by atoms with Gasteiger partial charge in [0.1, 0.15) is 0 Å². The first kappa shape index (κ1) is 18.5. The fourth-order valence-electron chi connectivity index (χ4n) is 3.18. The van der Waals surface area contributed by atoms with Crippen LogP contribution in [0.4, 0.5) is 0 Å². The molecule has 2 N–H and O–H groups in total. The molecule has 0 saturated carbocycles. The van der Waals surface area contributed by atoms with Gasteiger partial charge in [0.15, 0.2) is 0 Å². The van der Waals surface area contributed by atoms with Crippen molar-refractivity contribution < 1.29 is 4.79 Å². The molecule has 1 aromatic heterocycles. The lowest BCUT2D eigenvalue weighted by molar-refractivity contribution is 0.0925. The van der Waals surface area contributed by atoms with Gasteiger partial charge in [-0.1, -0.05) is 0 Å². The van der Waals surface area contributed by atoms with Gasteiger partial charge in [0, 0.05) is 23.3 Å². The minimum absolute atomic E-state index is 0. The van der Waals surface area contributed by atoms with Gasteiger partial charge in [-0.15, -0.1) is 12.4 Å². The van der Waals surface area contributed by atoms with Gasteiger partial charge >= 0.3 is 0 Å². The summed E-state index contributed by atoms with van der Waals surface area (Å²) in [6, 6.07) is 10.4. The minimum atomic E-state index is 0. The predicted octanol–water partition coefficient (Wildman–Crippen LogP) is 2.78. The highest BCUT2D eigenvalue weighted by atomic mass is 35.5. The smallest absolute Gasteiger partial charge is 0.251 e. The van der Waals surface area contributed by atoms with Gasteiger partial charge in [0.05, 0.1) is 11.4 Å². The zero-order chi connectivity index (χ0) is 16.4. The molecule has 1 aliphatic heterocycles. The Morgan fingerprint density at radius 3 is 2.58 bits per heavy atom. The molecule has 1 amide bonds. The molecule has 5 nitrogen and oxygen atoms in total. The first-order chi connectivity index (χ1) is 11.0. The second-order valence-corrected chi connectivity index (χ2v) is 6.44. The van der Waals surface area contributed by atoms with E-state index in [9.17, 15) is 4.79 Å². The summed E-state index contributed by atoms with van der Waals surface area (Å²) in [6.07, 6.45) is 1.97. The number of benzene rings is 1. The van der Waals surface area contributed by atoms with Gasteiger partial charge in [-0.2, -0.15) is 5.10 Å². The van der Waals surface area contributed by atoms with Crippen molar-refractivity contribution in [3.63, 3.8) is 0 Å². The van der Waals surface area contributed by atoms with Crippen LogP contribution >= 0.6 is 12.4 Å².